The molecule has 2 unspecified atom stereocenters. The molecule has 0 radical (unpaired) electrons. The van der Waals surface area contributed by atoms with Crippen LogP contribution >= 0.6 is 38.9 Å². The van der Waals surface area contributed by atoms with Crippen molar-refractivity contribution in [2.75, 3.05) is 19.6 Å². The van der Waals surface area contributed by atoms with Gasteiger partial charge in [0.15, 0.2) is 0 Å². The van der Waals surface area contributed by atoms with Crippen molar-refractivity contribution in [1.29, 1.82) is 0 Å². The molecular formula is C11H14BrClN2O2S2. The number of hydrogen-bond donors (Lipinski definition) is 1. The molecule has 0 saturated carbocycles. The van der Waals surface area contributed by atoms with E-state index in [-0.39, 0.29) is 6.04 Å². The van der Waals surface area contributed by atoms with Crippen LogP contribution in [0.4, 0.5) is 0 Å². The van der Waals surface area contributed by atoms with E-state index in [1.807, 2.05) is 0 Å². The summed E-state index contributed by atoms with van der Waals surface area (Å²) in [4.78, 5) is 0. The van der Waals surface area contributed by atoms with E-state index in [1.54, 1.807) is 4.31 Å². The van der Waals surface area contributed by atoms with Crippen LogP contribution in [0.1, 0.15) is 12.8 Å². The zero-order chi connectivity index (χ0) is 13.6. The summed E-state index contributed by atoms with van der Waals surface area (Å²) in [5.74, 6) is 0.447. The summed E-state index contributed by atoms with van der Waals surface area (Å²) in [6.45, 7) is 2.29. The molecule has 3 rings (SSSR count). The number of nitrogens with zero attached hydrogens (tertiary/aromatic N) is 1. The lowest BCUT2D eigenvalue weighted by Crippen LogP contribution is -2.47. The average molecular weight is 386 g/mol. The molecule has 0 amide bonds. The van der Waals surface area contributed by atoms with Gasteiger partial charge in [-0.05, 0) is 47.3 Å². The Morgan fingerprint density at radius 1 is 1.47 bits per heavy atom. The number of hydrogen-bond acceptors (Lipinski definition) is 4. The van der Waals surface area contributed by atoms with Crippen molar-refractivity contribution in [3.05, 3.63) is 14.9 Å². The van der Waals surface area contributed by atoms with Gasteiger partial charge in [-0.2, -0.15) is 4.31 Å². The Kier molecular flexibility index (Phi) is 3.96. The average Bonchev–Trinajstić information content (AvgIpc) is 2.96. The zero-order valence-corrected chi connectivity index (χ0v) is 14.1. The topological polar surface area (TPSA) is 49.4 Å². The number of rotatable bonds is 2. The fourth-order valence-electron chi connectivity index (χ4n) is 2.89. The molecule has 2 atom stereocenters. The van der Waals surface area contributed by atoms with Gasteiger partial charge in [-0.15, -0.1) is 11.3 Å². The summed E-state index contributed by atoms with van der Waals surface area (Å²) < 4.78 is 28.1. The van der Waals surface area contributed by atoms with Gasteiger partial charge in [0.25, 0.3) is 10.0 Å². The van der Waals surface area contributed by atoms with Gasteiger partial charge in [-0.1, -0.05) is 11.6 Å². The molecule has 1 aromatic rings. The minimum Gasteiger partial charge on any atom is -0.315 e. The van der Waals surface area contributed by atoms with Crippen LogP contribution in [0, 0.1) is 5.92 Å². The molecule has 2 fully saturated rings. The van der Waals surface area contributed by atoms with Crippen molar-refractivity contribution in [1.82, 2.24) is 9.62 Å². The van der Waals surface area contributed by atoms with E-state index in [1.165, 1.54) is 17.4 Å². The molecule has 3 heterocycles. The van der Waals surface area contributed by atoms with E-state index < -0.39 is 10.0 Å². The second-order valence-corrected chi connectivity index (χ2v) is 9.83. The maximum absolute atomic E-state index is 12.7. The minimum absolute atomic E-state index is 0.0957. The fraction of sp³-hybridized carbons (Fsp3) is 0.636. The molecule has 8 heteroatoms. The van der Waals surface area contributed by atoms with Crippen LogP contribution in [0.15, 0.2) is 14.1 Å². The molecule has 19 heavy (non-hydrogen) atoms. The lowest BCUT2D eigenvalue weighted by Gasteiger charge is -2.35. The number of thiophene rings is 1. The largest absolute Gasteiger partial charge is 0.315 e. The number of sulfonamides is 1. The predicted octanol–water partition coefficient (Wildman–Crippen LogP) is 2.54. The van der Waals surface area contributed by atoms with Crippen molar-refractivity contribution in [2.45, 2.75) is 23.1 Å². The highest BCUT2D eigenvalue weighted by Crippen LogP contribution is 2.38. The number of halogens is 2. The van der Waals surface area contributed by atoms with Gasteiger partial charge >= 0.3 is 0 Å². The first-order valence-corrected chi connectivity index (χ1v) is 9.60. The summed E-state index contributed by atoms with van der Waals surface area (Å²) in [6, 6.07) is 1.64. The first kappa shape index (κ1) is 14.3. The Bertz CT molecular complexity index is 570. The van der Waals surface area contributed by atoms with Crippen LogP contribution in [0.3, 0.4) is 0 Å². The van der Waals surface area contributed by atoms with Gasteiger partial charge in [0.2, 0.25) is 0 Å². The SMILES string of the molecule is O=S(=O)(c1cc(Cl)c(Br)s1)N1CCCC2CNCC21. The van der Waals surface area contributed by atoms with E-state index in [0.717, 1.165) is 25.9 Å². The molecule has 2 saturated heterocycles. The second-order valence-electron chi connectivity index (χ2n) is 4.93. The van der Waals surface area contributed by atoms with E-state index in [4.69, 9.17) is 11.6 Å². The number of piperidine rings is 1. The number of nitrogens with one attached hydrogen (secondary N) is 1. The molecule has 0 aromatic carbocycles. The van der Waals surface area contributed by atoms with Crippen molar-refractivity contribution >= 4 is 48.9 Å². The van der Waals surface area contributed by atoms with Gasteiger partial charge in [-0.3, -0.25) is 0 Å². The third-order valence-electron chi connectivity index (χ3n) is 3.81. The summed E-state index contributed by atoms with van der Waals surface area (Å²) in [5.41, 5.74) is 0. The molecule has 1 N–H and O–H groups in total. The summed E-state index contributed by atoms with van der Waals surface area (Å²) >= 11 is 10.4. The monoisotopic (exact) mass is 384 g/mol. The first-order valence-electron chi connectivity index (χ1n) is 6.17. The van der Waals surface area contributed by atoms with Crippen molar-refractivity contribution in [3.8, 4) is 0 Å². The first-order chi connectivity index (χ1) is 9.00. The highest BCUT2D eigenvalue weighted by Gasteiger charge is 2.41. The molecular weight excluding hydrogens is 372 g/mol. The maximum Gasteiger partial charge on any atom is 0.252 e. The van der Waals surface area contributed by atoms with Crippen molar-refractivity contribution in [2.24, 2.45) is 5.92 Å². The lowest BCUT2D eigenvalue weighted by atomic mass is 9.94. The quantitative estimate of drug-likeness (QED) is 0.851. The third-order valence-corrected chi connectivity index (χ3v) is 8.66. The Morgan fingerprint density at radius 2 is 2.26 bits per heavy atom. The van der Waals surface area contributed by atoms with E-state index >= 15 is 0 Å². The van der Waals surface area contributed by atoms with Crippen LogP contribution < -0.4 is 5.32 Å². The van der Waals surface area contributed by atoms with Gasteiger partial charge in [-0.25, -0.2) is 8.42 Å². The normalized spacial score (nSPS) is 28.5. The Morgan fingerprint density at radius 3 is 2.95 bits per heavy atom. The number of fused-ring (bicyclic) bond motifs is 1. The lowest BCUT2D eigenvalue weighted by molar-refractivity contribution is 0.218. The summed E-state index contributed by atoms with van der Waals surface area (Å²) in [6.07, 6.45) is 2.04. The molecule has 0 aliphatic carbocycles. The predicted molar refractivity (Wildman–Crippen MR) is 80.3 cm³/mol. The van der Waals surface area contributed by atoms with E-state index in [2.05, 4.69) is 21.2 Å². The summed E-state index contributed by atoms with van der Waals surface area (Å²) in [7, 11) is -3.42. The zero-order valence-electron chi connectivity index (χ0n) is 10.1. The van der Waals surface area contributed by atoms with Gasteiger partial charge in [0.05, 0.1) is 8.81 Å². The molecule has 106 valence electrons. The smallest absolute Gasteiger partial charge is 0.252 e. The molecule has 1 aromatic heterocycles. The molecule has 0 bridgehead atoms. The molecule has 4 nitrogen and oxygen atoms in total. The van der Waals surface area contributed by atoms with Gasteiger partial charge < -0.3 is 5.32 Å². The van der Waals surface area contributed by atoms with Crippen LogP contribution in [0.5, 0.6) is 0 Å². The molecule has 2 aliphatic heterocycles. The van der Waals surface area contributed by atoms with E-state index in [0.29, 0.717) is 25.5 Å². The van der Waals surface area contributed by atoms with Crippen LogP contribution in [-0.2, 0) is 10.0 Å². The minimum atomic E-state index is -3.42. The standard InChI is InChI=1S/C11H14BrClN2O2S2/c12-11-8(13)4-10(18-11)19(16,17)15-3-1-2-7-5-14-6-9(7)15/h4,7,9,14H,1-3,5-6H2. The van der Waals surface area contributed by atoms with Crippen LogP contribution in [-0.4, -0.2) is 38.4 Å². The maximum atomic E-state index is 12.7. The summed E-state index contributed by atoms with van der Waals surface area (Å²) in [5, 5.41) is 3.76. The van der Waals surface area contributed by atoms with Crippen molar-refractivity contribution in [3.63, 3.8) is 0 Å². The van der Waals surface area contributed by atoms with Gasteiger partial charge in [0.1, 0.15) is 4.21 Å². The van der Waals surface area contributed by atoms with Gasteiger partial charge in [0, 0.05) is 19.1 Å². The highest BCUT2D eigenvalue weighted by atomic mass is 79.9. The molecule has 0 spiro atoms. The Balaban J connectivity index is 1.95. The Hall–Kier alpha value is 0.340. The van der Waals surface area contributed by atoms with Crippen LogP contribution in [0.2, 0.25) is 5.02 Å². The van der Waals surface area contributed by atoms with Crippen LogP contribution in [0.25, 0.3) is 0 Å². The van der Waals surface area contributed by atoms with E-state index in [9.17, 15) is 8.42 Å². The fourth-order valence-corrected chi connectivity index (χ4v) is 7.15. The molecule has 2 aliphatic rings. The Labute approximate surface area is 130 Å². The third kappa shape index (κ3) is 2.49. The highest BCUT2D eigenvalue weighted by molar-refractivity contribution is 9.11. The second kappa shape index (κ2) is 5.27. The van der Waals surface area contributed by atoms with Crippen molar-refractivity contribution < 1.29 is 8.42 Å².